The summed E-state index contributed by atoms with van der Waals surface area (Å²) in [5, 5.41) is 12.6. The van der Waals surface area contributed by atoms with Crippen molar-refractivity contribution in [1.82, 2.24) is 9.55 Å². The number of halogens is 2. The van der Waals surface area contributed by atoms with E-state index in [0.29, 0.717) is 18.7 Å². The van der Waals surface area contributed by atoms with Crippen LogP contribution in [-0.2, 0) is 13.0 Å². The second kappa shape index (κ2) is 5.35. The van der Waals surface area contributed by atoms with Gasteiger partial charge in [-0.3, -0.25) is 0 Å². The van der Waals surface area contributed by atoms with E-state index in [9.17, 15) is 5.26 Å². The Balaban J connectivity index is 2.34. The molecule has 1 aliphatic rings. The van der Waals surface area contributed by atoms with E-state index < -0.39 is 0 Å². The first-order chi connectivity index (χ1) is 9.69. The number of nitrogens with zero attached hydrogens (tertiary/aromatic N) is 3. The largest absolute Gasteiger partial charge is 0.354 e. The Kier molecular flexibility index (Phi) is 3.71. The highest BCUT2D eigenvalue weighted by molar-refractivity contribution is 9.13. The van der Waals surface area contributed by atoms with Crippen molar-refractivity contribution >= 4 is 48.8 Å². The van der Waals surface area contributed by atoms with Crippen molar-refractivity contribution in [3.8, 4) is 6.07 Å². The maximum Gasteiger partial charge on any atom is 0.203 e. The van der Waals surface area contributed by atoms with Crippen LogP contribution in [0.2, 0.25) is 0 Å². The first-order valence-electron chi connectivity index (χ1n) is 6.43. The average Bonchev–Trinajstić information content (AvgIpc) is 2.83. The van der Waals surface area contributed by atoms with E-state index in [-0.39, 0.29) is 0 Å². The van der Waals surface area contributed by atoms with Crippen LogP contribution in [0.3, 0.4) is 0 Å². The summed E-state index contributed by atoms with van der Waals surface area (Å²) in [6, 6.07) is 2.25. The predicted molar refractivity (Wildman–Crippen MR) is 85.7 cm³/mol. The molecule has 7 heteroatoms. The Morgan fingerprint density at radius 2 is 2.20 bits per heavy atom. The zero-order valence-electron chi connectivity index (χ0n) is 10.7. The monoisotopic (exact) mass is 397 g/mol. The van der Waals surface area contributed by atoms with Gasteiger partial charge in [0.1, 0.15) is 11.6 Å². The van der Waals surface area contributed by atoms with E-state index in [1.807, 2.05) is 0 Å². The molecule has 0 radical (unpaired) electrons. The first kappa shape index (κ1) is 13.9. The van der Waals surface area contributed by atoms with E-state index in [1.165, 1.54) is 5.56 Å². The zero-order chi connectivity index (χ0) is 14.3. The molecule has 1 aromatic heterocycles. The smallest absolute Gasteiger partial charge is 0.203 e. The summed E-state index contributed by atoms with van der Waals surface area (Å²) in [6.45, 7) is 2.13. The number of nitrogens with one attached hydrogen (secondary N) is 1. The van der Waals surface area contributed by atoms with Gasteiger partial charge >= 0.3 is 0 Å². The lowest BCUT2D eigenvalue weighted by Gasteiger charge is -2.19. The summed E-state index contributed by atoms with van der Waals surface area (Å²) in [5.74, 6) is 0.799. The molecule has 0 unspecified atom stereocenters. The van der Waals surface area contributed by atoms with Crippen LogP contribution in [0, 0.1) is 11.3 Å². The summed E-state index contributed by atoms with van der Waals surface area (Å²) < 4.78 is 3.91. The standard InChI is InChI=1S/C13H13Br2N5/c14-9-7-2-1-5-20-12(7)11(8(6-17)10(9)15)19-13(20)18-4-3-16/h1-5,16H2,(H,18,19). The molecule has 0 fully saturated rings. The second-order valence-corrected chi connectivity index (χ2v) is 6.28. The van der Waals surface area contributed by atoms with Crippen LogP contribution in [0.25, 0.3) is 11.0 Å². The molecule has 0 spiro atoms. The molecule has 2 aromatic rings. The van der Waals surface area contributed by atoms with Crippen molar-refractivity contribution in [3.63, 3.8) is 0 Å². The number of anilines is 1. The number of aryl methyl sites for hydroxylation is 2. The topological polar surface area (TPSA) is 79.7 Å². The van der Waals surface area contributed by atoms with E-state index >= 15 is 0 Å². The van der Waals surface area contributed by atoms with Gasteiger partial charge in [-0.15, -0.1) is 0 Å². The normalized spacial score (nSPS) is 13.5. The molecule has 0 atom stereocenters. The van der Waals surface area contributed by atoms with Gasteiger partial charge in [-0.25, -0.2) is 4.98 Å². The van der Waals surface area contributed by atoms with Crippen molar-refractivity contribution < 1.29 is 0 Å². The molecule has 0 aliphatic carbocycles. The number of imidazole rings is 1. The number of rotatable bonds is 3. The second-order valence-electron chi connectivity index (χ2n) is 4.70. The SMILES string of the molecule is N#Cc1c(Br)c(Br)c2c3c1nc(NCCN)n3CCC2. The van der Waals surface area contributed by atoms with Crippen LogP contribution in [0.4, 0.5) is 5.95 Å². The van der Waals surface area contributed by atoms with Crippen molar-refractivity contribution in [2.24, 2.45) is 5.73 Å². The fourth-order valence-electron chi connectivity index (χ4n) is 2.66. The third-order valence-corrected chi connectivity index (χ3v) is 5.72. The van der Waals surface area contributed by atoms with Gasteiger partial charge in [0.15, 0.2) is 0 Å². The minimum Gasteiger partial charge on any atom is -0.354 e. The Morgan fingerprint density at radius 3 is 2.90 bits per heavy atom. The van der Waals surface area contributed by atoms with Crippen LogP contribution in [-0.4, -0.2) is 22.6 Å². The van der Waals surface area contributed by atoms with Gasteiger partial charge < -0.3 is 15.6 Å². The summed E-state index contributed by atoms with van der Waals surface area (Å²) in [5.41, 5.74) is 9.15. The third kappa shape index (κ3) is 1.94. The van der Waals surface area contributed by atoms with E-state index in [4.69, 9.17) is 5.73 Å². The Hall–Kier alpha value is -1.10. The van der Waals surface area contributed by atoms with E-state index in [2.05, 4.69) is 52.8 Å². The summed E-state index contributed by atoms with van der Waals surface area (Å²) in [7, 11) is 0. The minimum absolute atomic E-state index is 0.550. The van der Waals surface area contributed by atoms with Crippen LogP contribution >= 0.6 is 31.9 Å². The van der Waals surface area contributed by atoms with Gasteiger partial charge in [0, 0.05) is 24.1 Å². The van der Waals surface area contributed by atoms with Crippen molar-refractivity contribution in [2.45, 2.75) is 19.4 Å². The average molecular weight is 399 g/mol. The van der Waals surface area contributed by atoms with Gasteiger partial charge in [0.05, 0.1) is 15.6 Å². The van der Waals surface area contributed by atoms with Crippen LogP contribution in [0.5, 0.6) is 0 Å². The molecule has 1 aliphatic heterocycles. The molecule has 1 aromatic carbocycles. The van der Waals surface area contributed by atoms with Crippen molar-refractivity contribution in [3.05, 3.63) is 20.1 Å². The first-order valence-corrected chi connectivity index (χ1v) is 8.01. The lowest BCUT2D eigenvalue weighted by atomic mass is 10.0. The van der Waals surface area contributed by atoms with E-state index in [1.54, 1.807) is 0 Å². The number of hydrogen-bond acceptors (Lipinski definition) is 4. The quantitative estimate of drug-likeness (QED) is 0.832. The number of nitriles is 1. The van der Waals surface area contributed by atoms with E-state index in [0.717, 1.165) is 45.3 Å². The number of aromatic nitrogens is 2. The molecule has 0 saturated heterocycles. The molecule has 3 rings (SSSR count). The number of benzene rings is 1. The van der Waals surface area contributed by atoms with Crippen LogP contribution in [0.15, 0.2) is 8.95 Å². The van der Waals surface area contributed by atoms with Gasteiger partial charge in [-0.05, 0) is 50.3 Å². The Labute approximate surface area is 133 Å². The Morgan fingerprint density at radius 1 is 1.40 bits per heavy atom. The molecule has 3 N–H and O–H groups in total. The van der Waals surface area contributed by atoms with Crippen LogP contribution in [0.1, 0.15) is 17.5 Å². The molecule has 0 amide bonds. The molecule has 0 bridgehead atoms. The van der Waals surface area contributed by atoms with Gasteiger partial charge in [0.2, 0.25) is 5.95 Å². The highest BCUT2D eigenvalue weighted by Crippen LogP contribution is 2.40. The maximum atomic E-state index is 9.41. The zero-order valence-corrected chi connectivity index (χ0v) is 13.9. The fraction of sp³-hybridized carbons (Fsp3) is 0.385. The molecule has 5 nitrogen and oxygen atoms in total. The molecular formula is C13H13Br2N5. The lowest BCUT2D eigenvalue weighted by molar-refractivity contribution is 0.634. The summed E-state index contributed by atoms with van der Waals surface area (Å²) in [6.07, 6.45) is 2.05. The lowest BCUT2D eigenvalue weighted by Crippen LogP contribution is -2.17. The molecule has 104 valence electrons. The highest BCUT2D eigenvalue weighted by atomic mass is 79.9. The molecular weight excluding hydrogens is 386 g/mol. The minimum atomic E-state index is 0.550. The van der Waals surface area contributed by atoms with Crippen LogP contribution < -0.4 is 11.1 Å². The number of nitrogens with two attached hydrogens (primary N) is 1. The summed E-state index contributed by atoms with van der Waals surface area (Å²) >= 11 is 7.11. The maximum absolute atomic E-state index is 9.41. The van der Waals surface area contributed by atoms with Gasteiger partial charge in [0.25, 0.3) is 0 Å². The number of hydrogen-bond donors (Lipinski definition) is 2. The molecule has 20 heavy (non-hydrogen) atoms. The fourth-order valence-corrected chi connectivity index (χ4v) is 3.76. The van der Waals surface area contributed by atoms with Gasteiger partial charge in [-0.2, -0.15) is 5.26 Å². The molecule has 0 saturated carbocycles. The van der Waals surface area contributed by atoms with Crippen molar-refractivity contribution in [2.75, 3.05) is 18.4 Å². The third-order valence-electron chi connectivity index (χ3n) is 3.52. The molecule has 2 heterocycles. The predicted octanol–water partition coefficient (Wildman–Crippen LogP) is 2.75. The van der Waals surface area contributed by atoms with Crippen molar-refractivity contribution in [1.29, 1.82) is 5.26 Å². The Bertz CT molecular complexity index is 729. The van der Waals surface area contributed by atoms with Gasteiger partial charge in [-0.1, -0.05) is 0 Å². The highest BCUT2D eigenvalue weighted by Gasteiger charge is 2.25. The summed E-state index contributed by atoms with van der Waals surface area (Å²) in [4.78, 5) is 4.62.